The highest BCUT2D eigenvalue weighted by molar-refractivity contribution is 4.84. The van der Waals surface area contributed by atoms with Crippen LogP contribution in [0.4, 0.5) is 0 Å². The number of nitrogens with zero attached hydrogens (tertiary/aromatic N) is 2. The van der Waals surface area contributed by atoms with Crippen LogP contribution in [0.15, 0.2) is 0 Å². The molecule has 0 aromatic heterocycles. The number of aliphatic hydroxyl groups is 1. The van der Waals surface area contributed by atoms with Gasteiger partial charge in [-0.25, -0.2) is 0 Å². The maximum Gasteiger partial charge on any atom is 0.0589 e. The van der Waals surface area contributed by atoms with Gasteiger partial charge in [0.05, 0.1) is 6.61 Å². The lowest BCUT2D eigenvalue weighted by Gasteiger charge is -2.34. The average Bonchev–Trinajstić information content (AvgIpc) is 2.52. The van der Waals surface area contributed by atoms with Crippen LogP contribution in [0.2, 0.25) is 0 Å². The molecule has 1 aliphatic rings. The van der Waals surface area contributed by atoms with Crippen molar-refractivity contribution in [2.75, 3.05) is 33.8 Å². The number of hydrogen-bond acceptors (Lipinski definition) is 3. The summed E-state index contributed by atoms with van der Waals surface area (Å²) in [6.45, 7) is 6.95. The summed E-state index contributed by atoms with van der Waals surface area (Å²) in [4.78, 5) is 4.71. The van der Waals surface area contributed by atoms with Crippen molar-refractivity contribution in [3.63, 3.8) is 0 Å². The van der Waals surface area contributed by atoms with E-state index < -0.39 is 0 Å². The van der Waals surface area contributed by atoms with Crippen molar-refractivity contribution in [2.45, 2.75) is 32.4 Å². The van der Waals surface area contributed by atoms with Crippen molar-refractivity contribution < 1.29 is 5.11 Å². The van der Waals surface area contributed by atoms with Crippen LogP contribution < -0.4 is 0 Å². The standard InChI is InChI=1S/C11H24N2O/c1-9(2)11(8-14)13(4)10-5-6-12(3)7-10/h9-11,14H,5-8H2,1-4H3. The minimum atomic E-state index is 0.272. The fourth-order valence-corrected chi connectivity index (χ4v) is 2.32. The van der Waals surface area contributed by atoms with Crippen LogP contribution in [0.3, 0.4) is 0 Å². The summed E-state index contributed by atoms with van der Waals surface area (Å²) in [6, 6.07) is 0.936. The van der Waals surface area contributed by atoms with Gasteiger partial charge >= 0.3 is 0 Å². The van der Waals surface area contributed by atoms with E-state index in [9.17, 15) is 5.11 Å². The summed E-state index contributed by atoms with van der Waals surface area (Å²) < 4.78 is 0. The van der Waals surface area contributed by atoms with Crippen molar-refractivity contribution in [1.29, 1.82) is 0 Å². The second-order valence-electron chi connectivity index (χ2n) is 4.86. The van der Waals surface area contributed by atoms with Crippen LogP contribution >= 0.6 is 0 Å². The molecule has 0 aromatic rings. The first-order valence-electron chi connectivity index (χ1n) is 5.57. The van der Waals surface area contributed by atoms with Crippen molar-refractivity contribution in [3.8, 4) is 0 Å². The maximum absolute atomic E-state index is 9.34. The fraction of sp³-hybridized carbons (Fsp3) is 1.00. The van der Waals surface area contributed by atoms with Gasteiger partial charge in [-0.15, -0.1) is 0 Å². The lowest BCUT2D eigenvalue weighted by molar-refractivity contribution is 0.0813. The zero-order valence-corrected chi connectivity index (χ0v) is 9.90. The Labute approximate surface area is 87.7 Å². The summed E-state index contributed by atoms with van der Waals surface area (Å²) >= 11 is 0. The number of hydrogen-bond donors (Lipinski definition) is 1. The summed E-state index contributed by atoms with van der Waals surface area (Å²) in [5, 5.41) is 9.34. The number of likely N-dealkylation sites (N-methyl/N-ethyl adjacent to an activating group) is 2. The van der Waals surface area contributed by atoms with Crippen LogP contribution in [0.5, 0.6) is 0 Å². The highest BCUT2D eigenvalue weighted by atomic mass is 16.3. The zero-order chi connectivity index (χ0) is 10.7. The zero-order valence-electron chi connectivity index (χ0n) is 9.90. The molecular formula is C11H24N2O. The van der Waals surface area contributed by atoms with E-state index in [1.54, 1.807) is 0 Å². The Kier molecular flexibility index (Phi) is 4.35. The molecule has 0 saturated carbocycles. The Morgan fingerprint density at radius 1 is 1.50 bits per heavy atom. The van der Waals surface area contributed by atoms with Crippen LogP contribution in [-0.4, -0.2) is 60.8 Å². The first kappa shape index (κ1) is 12.0. The molecular weight excluding hydrogens is 176 g/mol. The predicted molar refractivity (Wildman–Crippen MR) is 59.4 cm³/mol. The third-order valence-electron chi connectivity index (χ3n) is 3.42. The summed E-state index contributed by atoms with van der Waals surface area (Å²) in [6.07, 6.45) is 1.23. The average molecular weight is 200 g/mol. The SMILES string of the molecule is CC(C)C(CO)N(C)C1CCN(C)C1. The van der Waals surface area contributed by atoms with E-state index in [2.05, 4.69) is 37.7 Å². The van der Waals surface area contributed by atoms with Gasteiger partial charge in [-0.3, -0.25) is 4.90 Å². The Bertz CT molecular complexity index is 173. The van der Waals surface area contributed by atoms with E-state index in [4.69, 9.17) is 0 Å². The Morgan fingerprint density at radius 2 is 2.14 bits per heavy atom. The molecule has 84 valence electrons. The molecule has 0 aromatic carbocycles. The van der Waals surface area contributed by atoms with E-state index in [1.807, 2.05) is 0 Å². The van der Waals surface area contributed by atoms with Crippen LogP contribution in [-0.2, 0) is 0 Å². The van der Waals surface area contributed by atoms with Gasteiger partial charge in [0.1, 0.15) is 0 Å². The topological polar surface area (TPSA) is 26.7 Å². The van der Waals surface area contributed by atoms with Gasteiger partial charge in [0, 0.05) is 18.6 Å². The third-order valence-corrected chi connectivity index (χ3v) is 3.42. The van der Waals surface area contributed by atoms with Crippen molar-refractivity contribution in [1.82, 2.24) is 9.80 Å². The monoisotopic (exact) mass is 200 g/mol. The lowest BCUT2D eigenvalue weighted by Crippen LogP contribution is -2.46. The van der Waals surface area contributed by atoms with Crippen LogP contribution in [0, 0.1) is 5.92 Å². The maximum atomic E-state index is 9.34. The first-order valence-corrected chi connectivity index (χ1v) is 5.57. The van der Waals surface area contributed by atoms with Crippen molar-refractivity contribution in [2.24, 2.45) is 5.92 Å². The minimum absolute atomic E-state index is 0.272. The summed E-state index contributed by atoms with van der Waals surface area (Å²) in [5.41, 5.74) is 0. The molecule has 2 unspecified atom stereocenters. The number of rotatable bonds is 4. The van der Waals surface area contributed by atoms with Crippen LogP contribution in [0.1, 0.15) is 20.3 Å². The molecule has 0 spiro atoms. The Balaban J connectivity index is 2.50. The largest absolute Gasteiger partial charge is 0.395 e. The molecule has 1 heterocycles. The normalized spacial score (nSPS) is 26.4. The molecule has 0 aliphatic carbocycles. The molecule has 1 rings (SSSR count). The van der Waals surface area contributed by atoms with Gasteiger partial charge in [-0.05, 0) is 33.0 Å². The lowest BCUT2D eigenvalue weighted by atomic mass is 10.0. The van der Waals surface area contributed by atoms with Gasteiger partial charge in [0.25, 0.3) is 0 Å². The Hall–Kier alpha value is -0.120. The second kappa shape index (κ2) is 5.10. The van der Waals surface area contributed by atoms with Gasteiger partial charge in [-0.1, -0.05) is 13.8 Å². The highest BCUT2D eigenvalue weighted by Gasteiger charge is 2.28. The first-order chi connectivity index (χ1) is 6.56. The predicted octanol–water partition coefficient (Wildman–Crippen LogP) is 0.639. The van der Waals surface area contributed by atoms with Crippen LogP contribution in [0.25, 0.3) is 0 Å². The summed E-state index contributed by atoms with van der Waals surface area (Å²) in [7, 11) is 4.31. The quantitative estimate of drug-likeness (QED) is 0.721. The van der Waals surface area contributed by atoms with Gasteiger partial charge in [0.2, 0.25) is 0 Å². The van der Waals surface area contributed by atoms with Gasteiger partial charge in [0.15, 0.2) is 0 Å². The van der Waals surface area contributed by atoms with Crippen molar-refractivity contribution in [3.05, 3.63) is 0 Å². The van der Waals surface area contributed by atoms with E-state index in [0.29, 0.717) is 18.0 Å². The minimum Gasteiger partial charge on any atom is -0.395 e. The van der Waals surface area contributed by atoms with Gasteiger partial charge in [-0.2, -0.15) is 0 Å². The van der Waals surface area contributed by atoms with E-state index in [0.717, 1.165) is 6.54 Å². The molecule has 0 amide bonds. The van der Waals surface area contributed by atoms with Crippen molar-refractivity contribution >= 4 is 0 Å². The molecule has 3 heteroatoms. The highest BCUT2D eigenvalue weighted by Crippen LogP contribution is 2.18. The Morgan fingerprint density at radius 3 is 2.50 bits per heavy atom. The number of aliphatic hydroxyl groups excluding tert-OH is 1. The smallest absolute Gasteiger partial charge is 0.0589 e. The molecule has 2 atom stereocenters. The summed E-state index contributed by atoms with van der Waals surface area (Å²) in [5.74, 6) is 0.524. The molecule has 1 fully saturated rings. The molecule has 0 radical (unpaired) electrons. The molecule has 1 aliphatic heterocycles. The molecule has 3 nitrogen and oxygen atoms in total. The van der Waals surface area contributed by atoms with E-state index in [-0.39, 0.29) is 6.61 Å². The van der Waals surface area contributed by atoms with E-state index in [1.165, 1.54) is 13.0 Å². The molecule has 1 N–H and O–H groups in total. The molecule has 1 saturated heterocycles. The van der Waals surface area contributed by atoms with E-state index >= 15 is 0 Å². The van der Waals surface area contributed by atoms with Gasteiger partial charge < -0.3 is 10.0 Å². The second-order valence-corrected chi connectivity index (χ2v) is 4.86. The molecule has 14 heavy (non-hydrogen) atoms. The molecule has 0 bridgehead atoms. The third kappa shape index (κ3) is 2.69. The number of likely N-dealkylation sites (tertiary alicyclic amines) is 1. The fourth-order valence-electron chi connectivity index (χ4n) is 2.32.